The van der Waals surface area contributed by atoms with Gasteiger partial charge in [-0.3, -0.25) is 4.79 Å². The van der Waals surface area contributed by atoms with Gasteiger partial charge in [0.05, 0.1) is 0 Å². The number of aromatic nitrogens is 1. The van der Waals surface area contributed by atoms with Crippen LogP contribution in [0.5, 0.6) is 0 Å². The smallest absolute Gasteiger partial charge is 0.251 e. The van der Waals surface area contributed by atoms with E-state index < -0.39 is 0 Å². The molecular weight excluding hydrogens is 317 g/mol. The Morgan fingerprint density at radius 3 is 2.80 bits per heavy atom. The maximum atomic E-state index is 13.3. The van der Waals surface area contributed by atoms with Crippen molar-refractivity contribution in [1.29, 1.82) is 0 Å². The molecule has 1 saturated heterocycles. The van der Waals surface area contributed by atoms with Crippen LogP contribution in [0, 0.1) is 5.82 Å². The first-order valence-electron chi connectivity index (χ1n) is 8.59. The number of H-pyrrole nitrogens is 1. The molecule has 1 aromatic heterocycles. The van der Waals surface area contributed by atoms with Gasteiger partial charge in [-0.25, -0.2) is 4.39 Å². The van der Waals surface area contributed by atoms with Gasteiger partial charge in [0.15, 0.2) is 0 Å². The molecule has 4 nitrogen and oxygen atoms in total. The molecule has 0 saturated carbocycles. The summed E-state index contributed by atoms with van der Waals surface area (Å²) in [7, 11) is 0. The molecule has 0 aliphatic carbocycles. The minimum Gasteiger partial charge on any atom is -0.360 e. The van der Waals surface area contributed by atoms with E-state index in [1.54, 1.807) is 6.07 Å². The lowest BCUT2D eigenvalue weighted by Crippen LogP contribution is -2.37. The van der Waals surface area contributed by atoms with E-state index in [9.17, 15) is 9.18 Å². The van der Waals surface area contributed by atoms with E-state index in [4.69, 9.17) is 0 Å². The monoisotopic (exact) mass is 337 g/mol. The fraction of sp³-hybridized carbons (Fsp3) is 0.250. The average Bonchev–Trinajstić information content (AvgIpc) is 3.29. The summed E-state index contributed by atoms with van der Waals surface area (Å²) < 4.78 is 13.3. The van der Waals surface area contributed by atoms with Gasteiger partial charge in [-0.1, -0.05) is 12.1 Å². The Hall–Kier alpha value is -2.66. The molecule has 1 aliphatic rings. The molecule has 128 valence electrons. The lowest BCUT2D eigenvalue weighted by atomic mass is 10.0. The molecule has 0 bridgehead atoms. The first-order chi connectivity index (χ1) is 12.2. The van der Waals surface area contributed by atoms with Gasteiger partial charge in [-0.15, -0.1) is 0 Å². The summed E-state index contributed by atoms with van der Waals surface area (Å²) in [6, 6.07) is 12.6. The molecule has 5 heteroatoms. The summed E-state index contributed by atoms with van der Waals surface area (Å²) in [6.45, 7) is 1.69. The second-order valence-corrected chi connectivity index (χ2v) is 6.47. The third-order valence-electron chi connectivity index (χ3n) is 4.77. The number of aromatic amines is 1. The van der Waals surface area contributed by atoms with Crippen molar-refractivity contribution < 1.29 is 9.18 Å². The van der Waals surface area contributed by atoms with Crippen LogP contribution in [0.4, 0.5) is 4.39 Å². The molecule has 1 fully saturated rings. The normalized spacial score (nSPS) is 17.1. The van der Waals surface area contributed by atoms with Crippen LogP contribution >= 0.6 is 0 Å². The number of halogens is 1. The quantitative estimate of drug-likeness (QED) is 0.683. The topological polar surface area (TPSA) is 56.9 Å². The minimum atomic E-state index is -0.260. The Labute approximate surface area is 145 Å². The predicted molar refractivity (Wildman–Crippen MR) is 97.1 cm³/mol. The summed E-state index contributed by atoms with van der Waals surface area (Å²) in [5.41, 5.74) is 3.40. The molecule has 3 N–H and O–H groups in total. The largest absolute Gasteiger partial charge is 0.360 e. The molecule has 0 spiro atoms. The van der Waals surface area contributed by atoms with Gasteiger partial charge < -0.3 is 15.6 Å². The molecular formula is C20H20FN3O. The lowest BCUT2D eigenvalue weighted by molar-refractivity contribution is 0.0950. The number of nitrogens with one attached hydrogen (secondary N) is 3. The van der Waals surface area contributed by atoms with Crippen LogP contribution < -0.4 is 10.6 Å². The van der Waals surface area contributed by atoms with E-state index in [2.05, 4.69) is 15.6 Å². The Morgan fingerprint density at radius 1 is 1.20 bits per heavy atom. The molecule has 2 aromatic carbocycles. The minimum absolute atomic E-state index is 0.0544. The highest BCUT2D eigenvalue weighted by Gasteiger charge is 2.15. The van der Waals surface area contributed by atoms with Crippen molar-refractivity contribution in [1.82, 2.24) is 15.6 Å². The number of carbonyl (C=O) groups excluding carboxylic acids is 1. The van der Waals surface area contributed by atoms with Crippen molar-refractivity contribution in [3.8, 4) is 11.1 Å². The number of amides is 1. The molecule has 25 heavy (non-hydrogen) atoms. The highest BCUT2D eigenvalue weighted by atomic mass is 19.1. The maximum Gasteiger partial charge on any atom is 0.251 e. The van der Waals surface area contributed by atoms with Gasteiger partial charge in [0.1, 0.15) is 5.82 Å². The molecule has 0 unspecified atom stereocenters. The third kappa shape index (κ3) is 3.28. The summed E-state index contributed by atoms with van der Waals surface area (Å²) in [6.07, 6.45) is 4.15. The van der Waals surface area contributed by atoms with Gasteiger partial charge >= 0.3 is 0 Å². The van der Waals surface area contributed by atoms with Crippen LogP contribution in [-0.2, 0) is 0 Å². The summed E-state index contributed by atoms with van der Waals surface area (Å²) in [5, 5.41) is 7.31. The van der Waals surface area contributed by atoms with Gasteiger partial charge in [-0.2, -0.15) is 0 Å². The molecule has 1 amide bonds. The van der Waals surface area contributed by atoms with E-state index in [0.29, 0.717) is 18.2 Å². The van der Waals surface area contributed by atoms with Gasteiger partial charge in [-0.05, 0) is 55.3 Å². The second-order valence-electron chi connectivity index (χ2n) is 6.47. The highest BCUT2D eigenvalue weighted by molar-refractivity contribution is 5.97. The number of rotatable bonds is 4. The highest BCUT2D eigenvalue weighted by Crippen LogP contribution is 2.29. The van der Waals surface area contributed by atoms with Crippen molar-refractivity contribution in [3.05, 3.63) is 60.0 Å². The first kappa shape index (κ1) is 15.8. The van der Waals surface area contributed by atoms with Crippen LogP contribution in [0.15, 0.2) is 48.7 Å². The van der Waals surface area contributed by atoms with Crippen LogP contribution in [0.1, 0.15) is 23.2 Å². The van der Waals surface area contributed by atoms with E-state index >= 15 is 0 Å². The number of hydrogen-bond acceptors (Lipinski definition) is 2. The first-order valence-corrected chi connectivity index (χ1v) is 8.59. The van der Waals surface area contributed by atoms with Crippen molar-refractivity contribution in [2.24, 2.45) is 0 Å². The molecule has 0 radical (unpaired) electrons. The summed E-state index contributed by atoms with van der Waals surface area (Å²) in [5.74, 6) is -0.314. The zero-order valence-corrected chi connectivity index (χ0v) is 13.8. The lowest BCUT2D eigenvalue weighted by Gasteiger charge is -2.11. The zero-order valence-electron chi connectivity index (χ0n) is 13.8. The summed E-state index contributed by atoms with van der Waals surface area (Å²) in [4.78, 5) is 15.4. The zero-order chi connectivity index (χ0) is 17.2. The second kappa shape index (κ2) is 6.69. The Kier molecular flexibility index (Phi) is 4.24. The van der Waals surface area contributed by atoms with Crippen LogP contribution in [-0.4, -0.2) is 30.0 Å². The van der Waals surface area contributed by atoms with Gasteiger partial charge in [0.2, 0.25) is 0 Å². The Balaban J connectivity index is 1.50. The maximum absolute atomic E-state index is 13.3. The fourth-order valence-electron chi connectivity index (χ4n) is 3.39. The van der Waals surface area contributed by atoms with Crippen LogP contribution in [0.25, 0.3) is 22.0 Å². The third-order valence-corrected chi connectivity index (χ3v) is 4.77. The number of carbonyl (C=O) groups is 1. The van der Waals surface area contributed by atoms with Crippen molar-refractivity contribution in [2.45, 2.75) is 18.9 Å². The van der Waals surface area contributed by atoms with Crippen molar-refractivity contribution in [2.75, 3.05) is 13.1 Å². The van der Waals surface area contributed by atoms with Crippen LogP contribution in [0.2, 0.25) is 0 Å². The van der Waals surface area contributed by atoms with E-state index in [1.165, 1.54) is 18.6 Å². The standard InChI is InChI=1S/C20H20FN3O/c21-15-7-8-17-18(12-23-19(17)10-15)13-3-5-14(6-4-13)20(25)24-11-16-2-1-9-22-16/h3-8,10,12,16,22-23H,1-2,9,11H2,(H,24,25)/t16-/m0/s1. The van der Waals surface area contributed by atoms with Crippen molar-refractivity contribution in [3.63, 3.8) is 0 Å². The van der Waals surface area contributed by atoms with E-state index in [0.717, 1.165) is 35.0 Å². The molecule has 3 aromatic rings. The SMILES string of the molecule is O=C(NC[C@@H]1CCCN1)c1ccc(-c2c[nH]c3cc(F)ccc23)cc1. The van der Waals surface area contributed by atoms with E-state index in [1.807, 2.05) is 30.5 Å². The number of hydrogen-bond donors (Lipinski definition) is 3. The predicted octanol–water partition coefficient (Wildman–Crippen LogP) is 3.46. The van der Waals surface area contributed by atoms with Crippen LogP contribution in [0.3, 0.4) is 0 Å². The number of benzene rings is 2. The van der Waals surface area contributed by atoms with Crippen molar-refractivity contribution >= 4 is 16.8 Å². The Morgan fingerprint density at radius 2 is 2.04 bits per heavy atom. The number of fused-ring (bicyclic) bond motifs is 1. The average molecular weight is 337 g/mol. The van der Waals surface area contributed by atoms with E-state index in [-0.39, 0.29) is 11.7 Å². The molecule has 1 aliphatic heterocycles. The van der Waals surface area contributed by atoms with Gasteiger partial charge in [0.25, 0.3) is 5.91 Å². The molecule has 1 atom stereocenters. The fourth-order valence-corrected chi connectivity index (χ4v) is 3.39. The summed E-state index contributed by atoms with van der Waals surface area (Å²) >= 11 is 0. The van der Waals surface area contributed by atoms with Gasteiger partial charge in [0, 0.05) is 40.8 Å². The Bertz CT molecular complexity index is 895. The molecule has 2 heterocycles. The molecule has 4 rings (SSSR count).